The van der Waals surface area contributed by atoms with Crippen LogP contribution in [0.3, 0.4) is 0 Å². The van der Waals surface area contributed by atoms with Gasteiger partial charge in [0, 0.05) is 13.3 Å². The molecule has 3 heteroatoms. The molecule has 78 valence electrons. The fourth-order valence-corrected chi connectivity index (χ4v) is 2.21. The van der Waals surface area contributed by atoms with Crippen molar-refractivity contribution in [3.05, 3.63) is 18.0 Å². The Bertz CT molecular complexity index is 295. The van der Waals surface area contributed by atoms with E-state index in [0.29, 0.717) is 12.1 Å². The van der Waals surface area contributed by atoms with Gasteiger partial charge in [0.15, 0.2) is 0 Å². The maximum atomic E-state index is 5.41. The van der Waals surface area contributed by atoms with Gasteiger partial charge in [-0.15, -0.1) is 0 Å². The molecular weight excluding hydrogens is 176 g/mol. The molecule has 0 aromatic carbocycles. The molecule has 2 unspecified atom stereocenters. The summed E-state index contributed by atoms with van der Waals surface area (Å²) in [6, 6.07) is 2.61. The van der Waals surface area contributed by atoms with Crippen molar-refractivity contribution in [1.82, 2.24) is 9.78 Å². The van der Waals surface area contributed by atoms with E-state index in [1.165, 1.54) is 19.3 Å². The van der Waals surface area contributed by atoms with Crippen molar-refractivity contribution >= 4 is 0 Å². The van der Waals surface area contributed by atoms with Crippen LogP contribution in [0, 0.1) is 6.92 Å². The van der Waals surface area contributed by atoms with Gasteiger partial charge in [-0.3, -0.25) is 4.68 Å². The Morgan fingerprint density at radius 3 is 3.00 bits per heavy atom. The molecular formula is C11H18N2O. The molecule has 0 saturated heterocycles. The lowest BCUT2D eigenvalue weighted by molar-refractivity contribution is 0.0507. The minimum atomic E-state index is 0.429. The Hall–Kier alpha value is -0.830. The second-order valence-corrected chi connectivity index (χ2v) is 4.12. The smallest absolute Gasteiger partial charge is 0.0593 e. The fourth-order valence-electron chi connectivity index (χ4n) is 2.21. The van der Waals surface area contributed by atoms with Crippen LogP contribution in [0.2, 0.25) is 0 Å². The minimum Gasteiger partial charge on any atom is -0.381 e. The van der Waals surface area contributed by atoms with E-state index in [1.54, 1.807) is 7.11 Å². The number of aryl methyl sites for hydroxylation is 1. The van der Waals surface area contributed by atoms with Crippen LogP contribution in [0.25, 0.3) is 0 Å². The SMILES string of the molecule is COC1CCCC(n2ccc(C)n2)C1. The number of ether oxygens (including phenoxy) is 1. The lowest BCUT2D eigenvalue weighted by Crippen LogP contribution is -2.24. The summed E-state index contributed by atoms with van der Waals surface area (Å²) in [5.74, 6) is 0. The molecule has 0 N–H and O–H groups in total. The van der Waals surface area contributed by atoms with E-state index in [9.17, 15) is 0 Å². The van der Waals surface area contributed by atoms with Gasteiger partial charge in [0.2, 0.25) is 0 Å². The Balaban J connectivity index is 2.04. The van der Waals surface area contributed by atoms with E-state index in [-0.39, 0.29) is 0 Å². The molecule has 0 aliphatic heterocycles. The summed E-state index contributed by atoms with van der Waals surface area (Å²) in [7, 11) is 1.81. The van der Waals surface area contributed by atoms with E-state index < -0.39 is 0 Å². The monoisotopic (exact) mass is 194 g/mol. The van der Waals surface area contributed by atoms with Crippen LogP contribution >= 0.6 is 0 Å². The van der Waals surface area contributed by atoms with Gasteiger partial charge in [-0.05, 0) is 38.7 Å². The van der Waals surface area contributed by atoms with Gasteiger partial charge >= 0.3 is 0 Å². The van der Waals surface area contributed by atoms with E-state index in [0.717, 1.165) is 12.1 Å². The second-order valence-electron chi connectivity index (χ2n) is 4.12. The van der Waals surface area contributed by atoms with Crippen molar-refractivity contribution in [2.45, 2.75) is 44.8 Å². The van der Waals surface area contributed by atoms with E-state index in [2.05, 4.69) is 22.0 Å². The lowest BCUT2D eigenvalue weighted by atomic mass is 9.93. The largest absolute Gasteiger partial charge is 0.381 e. The molecule has 2 atom stereocenters. The summed E-state index contributed by atoms with van der Waals surface area (Å²) in [5, 5.41) is 4.46. The molecule has 1 aliphatic rings. The Kier molecular flexibility index (Phi) is 2.87. The van der Waals surface area contributed by atoms with Gasteiger partial charge in [-0.25, -0.2) is 0 Å². The zero-order chi connectivity index (χ0) is 9.97. The highest BCUT2D eigenvalue weighted by Crippen LogP contribution is 2.29. The van der Waals surface area contributed by atoms with Crippen LogP contribution in [0.1, 0.15) is 37.4 Å². The number of aromatic nitrogens is 2. The highest BCUT2D eigenvalue weighted by atomic mass is 16.5. The summed E-state index contributed by atoms with van der Waals surface area (Å²) in [5.41, 5.74) is 1.10. The van der Waals surface area contributed by atoms with E-state index >= 15 is 0 Å². The number of nitrogens with zero attached hydrogens (tertiary/aromatic N) is 2. The number of methoxy groups -OCH3 is 1. The summed E-state index contributed by atoms with van der Waals surface area (Å²) in [4.78, 5) is 0. The first kappa shape index (κ1) is 9.71. The van der Waals surface area contributed by atoms with E-state index in [1.807, 2.05) is 6.92 Å². The molecule has 14 heavy (non-hydrogen) atoms. The molecule has 0 bridgehead atoms. The predicted octanol–water partition coefficient (Wildman–Crippen LogP) is 2.32. The van der Waals surface area contributed by atoms with Crippen LogP contribution in [0.15, 0.2) is 12.3 Å². The van der Waals surface area contributed by atoms with Crippen molar-refractivity contribution in [2.75, 3.05) is 7.11 Å². The summed E-state index contributed by atoms with van der Waals surface area (Å²) in [6.45, 7) is 2.03. The van der Waals surface area contributed by atoms with Crippen molar-refractivity contribution in [3.8, 4) is 0 Å². The molecule has 1 fully saturated rings. The van der Waals surface area contributed by atoms with Crippen LogP contribution in [0.5, 0.6) is 0 Å². The van der Waals surface area contributed by atoms with Crippen LogP contribution < -0.4 is 0 Å². The Morgan fingerprint density at radius 1 is 1.50 bits per heavy atom. The normalized spacial score (nSPS) is 27.9. The first-order chi connectivity index (χ1) is 6.79. The molecule has 1 aromatic heterocycles. The van der Waals surface area contributed by atoms with Crippen molar-refractivity contribution in [1.29, 1.82) is 0 Å². The average Bonchev–Trinajstić information content (AvgIpc) is 2.65. The number of hydrogen-bond donors (Lipinski definition) is 0. The predicted molar refractivity (Wildman–Crippen MR) is 55.3 cm³/mol. The quantitative estimate of drug-likeness (QED) is 0.722. The molecule has 3 nitrogen and oxygen atoms in total. The first-order valence-electron chi connectivity index (χ1n) is 5.34. The van der Waals surface area contributed by atoms with Crippen LogP contribution in [0.4, 0.5) is 0 Å². The average molecular weight is 194 g/mol. The lowest BCUT2D eigenvalue weighted by Gasteiger charge is -2.28. The number of rotatable bonds is 2. The molecule has 0 spiro atoms. The zero-order valence-corrected chi connectivity index (χ0v) is 8.94. The maximum Gasteiger partial charge on any atom is 0.0593 e. The second kappa shape index (κ2) is 4.13. The zero-order valence-electron chi connectivity index (χ0n) is 8.94. The Morgan fingerprint density at radius 2 is 2.36 bits per heavy atom. The third kappa shape index (κ3) is 1.98. The minimum absolute atomic E-state index is 0.429. The van der Waals surface area contributed by atoms with Gasteiger partial charge < -0.3 is 4.74 Å². The van der Waals surface area contributed by atoms with Crippen molar-refractivity contribution < 1.29 is 4.74 Å². The van der Waals surface area contributed by atoms with Gasteiger partial charge in [-0.2, -0.15) is 5.10 Å². The van der Waals surface area contributed by atoms with Gasteiger partial charge in [-0.1, -0.05) is 0 Å². The third-order valence-corrected chi connectivity index (χ3v) is 3.05. The summed E-state index contributed by atoms with van der Waals surface area (Å²) in [6.07, 6.45) is 7.31. The van der Waals surface area contributed by atoms with E-state index in [4.69, 9.17) is 4.74 Å². The van der Waals surface area contributed by atoms with Crippen LogP contribution in [-0.2, 0) is 4.74 Å². The molecule has 1 aliphatic carbocycles. The summed E-state index contributed by atoms with van der Waals surface area (Å²) >= 11 is 0. The molecule has 0 radical (unpaired) electrons. The Labute approximate surface area is 85.1 Å². The van der Waals surface area contributed by atoms with Gasteiger partial charge in [0.25, 0.3) is 0 Å². The number of hydrogen-bond acceptors (Lipinski definition) is 2. The standard InChI is InChI=1S/C11H18N2O/c1-9-6-7-13(12-9)10-4-3-5-11(8-10)14-2/h6-7,10-11H,3-5,8H2,1-2H3. The maximum absolute atomic E-state index is 5.41. The molecule has 0 amide bonds. The highest BCUT2D eigenvalue weighted by molar-refractivity contribution is 4.96. The first-order valence-corrected chi connectivity index (χ1v) is 5.34. The van der Waals surface area contributed by atoms with Gasteiger partial charge in [0.1, 0.15) is 0 Å². The van der Waals surface area contributed by atoms with Crippen molar-refractivity contribution in [3.63, 3.8) is 0 Å². The third-order valence-electron chi connectivity index (χ3n) is 3.05. The molecule has 1 heterocycles. The highest BCUT2D eigenvalue weighted by Gasteiger charge is 2.23. The fraction of sp³-hybridized carbons (Fsp3) is 0.727. The summed E-state index contributed by atoms with van der Waals surface area (Å²) < 4.78 is 7.51. The topological polar surface area (TPSA) is 27.1 Å². The van der Waals surface area contributed by atoms with Crippen molar-refractivity contribution in [2.24, 2.45) is 0 Å². The van der Waals surface area contributed by atoms with Gasteiger partial charge in [0.05, 0.1) is 17.8 Å². The molecule has 1 saturated carbocycles. The molecule has 2 rings (SSSR count). The van der Waals surface area contributed by atoms with Crippen LogP contribution in [-0.4, -0.2) is 23.0 Å². The molecule has 1 aromatic rings.